The average Bonchev–Trinajstić information content (AvgIpc) is 2.29. The number of carboxylic acids is 1. The molecule has 0 spiro atoms. The molecule has 0 bridgehead atoms. The van der Waals surface area contributed by atoms with Crippen LogP contribution in [-0.2, 0) is 14.3 Å². The summed E-state index contributed by atoms with van der Waals surface area (Å²) in [4.78, 5) is 19.7. The van der Waals surface area contributed by atoms with Gasteiger partial charge in [0, 0.05) is 12.2 Å². The molecule has 0 aromatic heterocycles. The van der Waals surface area contributed by atoms with Crippen molar-refractivity contribution >= 4 is 11.9 Å². The van der Waals surface area contributed by atoms with Gasteiger partial charge in [0.2, 0.25) is 0 Å². The van der Waals surface area contributed by atoms with Gasteiger partial charge in [0.15, 0.2) is 0 Å². The van der Waals surface area contributed by atoms with Gasteiger partial charge >= 0.3 is 11.9 Å². The van der Waals surface area contributed by atoms with E-state index in [0.29, 0.717) is 6.61 Å². The molecule has 0 rings (SSSR count). The maximum Gasteiger partial charge on any atom is 0.330 e. The Kier molecular flexibility index (Phi) is 14.0. The van der Waals surface area contributed by atoms with E-state index < -0.39 is 5.97 Å². The molecule has 5 nitrogen and oxygen atoms in total. The SMILES string of the molecule is C=CC(=O)O.C=CC(=O)OCCCNCC. The summed E-state index contributed by atoms with van der Waals surface area (Å²) >= 11 is 0. The lowest BCUT2D eigenvalue weighted by Gasteiger charge is -2.01. The van der Waals surface area contributed by atoms with E-state index in [0.717, 1.165) is 25.6 Å². The molecule has 0 aliphatic rings. The summed E-state index contributed by atoms with van der Waals surface area (Å²) in [6, 6.07) is 0. The Labute approximate surface area is 95.8 Å². The summed E-state index contributed by atoms with van der Waals surface area (Å²) in [5, 5.41) is 10.7. The van der Waals surface area contributed by atoms with E-state index in [-0.39, 0.29) is 5.97 Å². The summed E-state index contributed by atoms with van der Waals surface area (Å²) in [7, 11) is 0. The molecule has 0 aliphatic carbocycles. The second kappa shape index (κ2) is 13.4. The monoisotopic (exact) mass is 229 g/mol. The zero-order valence-electron chi connectivity index (χ0n) is 9.57. The molecule has 92 valence electrons. The average molecular weight is 229 g/mol. The van der Waals surface area contributed by atoms with E-state index in [1.807, 2.05) is 6.92 Å². The fourth-order valence-corrected chi connectivity index (χ4v) is 0.606. The fourth-order valence-electron chi connectivity index (χ4n) is 0.606. The first kappa shape index (κ1) is 16.8. The van der Waals surface area contributed by atoms with E-state index in [1.165, 1.54) is 6.08 Å². The topological polar surface area (TPSA) is 75.6 Å². The number of carbonyl (C=O) groups excluding carboxylic acids is 1. The van der Waals surface area contributed by atoms with Gasteiger partial charge in [0.05, 0.1) is 6.61 Å². The van der Waals surface area contributed by atoms with Crippen LogP contribution in [0.5, 0.6) is 0 Å². The third-order valence-electron chi connectivity index (χ3n) is 1.33. The Morgan fingerprint density at radius 1 is 1.38 bits per heavy atom. The van der Waals surface area contributed by atoms with Crippen molar-refractivity contribution in [2.45, 2.75) is 13.3 Å². The van der Waals surface area contributed by atoms with Crippen molar-refractivity contribution in [2.24, 2.45) is 0 Å². The summed E-state index contributed by atoms with van der Waals surface area (Å²) in [6.45, 7) is 10.6. The minimum atomic E-state index is -0.981. The van der Waals surface area contributed by atoms with E-state index in [1.54, 1.807) is 0 Å². The zero-order valence-corrected chi connectivity index (χ0v) is 9.57. The Morgan fingerprint density at radius 3 is 2.31 bits per heavy atom. The summed E-state index contributed by atoms with van der Waals surface area (Å²) < 4.78 is 4.74. The first-order valence-corrected chi connectivity index (χ1v) is 4.93. The Bertz CT molecular complexity index is 226. The molecular weight excluding hydrogens is 210 g/mol. The lowest BCUT2D eigenvalue weighted by molar-refractivity contribution is -0.137. The third-order valence-corrected chi connectivity index (χ3v) is 1.33. The van der Waals surface area contributed by atoms with Gasteiger partial charge in [-0.25, -0.2) is 9.59 Å². The number of hydrogen-bond donors (Lipinski definition) is 2. The van der Waals surface area contributed by atoms with Crippen molar-refractivity contribution in [1.82, 2.24) is 5.32 Å². The molecule has 16 heavy (non-hydrogen) atoms. The molecule has 5 heteroatoms. The minimum absolute atomic E-state index is 0.346. The van der Waals surface area contributed by atoms with Gasteiger partial charge < -0.3 is 15.2 Å². The normalized spacial score (nSPS) is 8.31. The summed E-state index contributed by atoms with van der Waals surface area (Å²) in [5.74, 6) is -1.33. The van der Waals surface area contributed by atoms with E-state index in [2.05, 4.69) is 18.5 Å². The number of rotatable bonds is 7. The molecule has 0 unspecified atom stereocenters. The van der Waals surface area contributed by atoms with Crippen LogP contribution < -0.4 is 5.32 Å². The predicted octanol–water partition coefficient (Wildman–Crippen LogP) is 0.972. The quantitative estimate of drug-likeness (QED) is 0.386. The molecule has 0 saturated carbocycles. The molecule has 0 aromatic rings. The Balaban J connectivity index is 0. The van der Waals surface area contributed by atoms with Crippen LogP contribution in [0.4, 0.5) is 0 Å². The number of nitrogens with one attached hydrogen (secondary N) is 1. The highest BCUT2D eigenvalue weighted by atomic mass is 16.5. The first-order chi connectivity index (χ1) is 7.58. The molecule has 0 aliphatic heterocycles. The van der Waals surface area contributed by atoms with Gasteiger partial charge in [-0.1, -0.05) is 20.1 Å². The highest BCUT2D eigenvalue weighted by Gasteiger charge is 1.93. The lowest BCUT2D eigenvalue weighted by Crippen LogP contribution is -2.16. The summed E-state index contributed by atoms with van der Waals surface area (Å²) in [5.41, 5.74) is 0. The van der Waals surface area contributed by atoms with Crippen molar-refractivity contribution in [3.8, 4) is 0 Å². The number of aliphatic carboxylic acids is 1. The largest absolute Gasteiger partial charge is 0.478 e. The van der Waals surface area contributed by atoms with Crippen molar-refractivity contribution in [3.63, 3.8) is 0 Å². The Morgan fingerprint density at radius 2 is 1.94 bits per heavy atom. The predicted molar refractivity (Wildman–Crippen MR) is 62.1 cm³/mol. The van der Waals surface area contributed by atoms with E-state index in [4.69, 9.17) is 9.84 Å². The Hall–Kier alpha value is -1.62. The number of ether oxygens (including phenoxy) is 1. The van der Waals surface area contributed by atoms with E-state index >= 15 is 0 Å². The molecule has 0 amide bonds. The molecule has 0 fully saturated rings. The third kappa shape index (κ3) is 18.2. The van der Waals surface area contributed by atoms with Crippen molar-refractivity contribution in [3.05, 3.63) is 25.3 Å². The van der Waals surface area contributed by atoms with Crippen LogP contribution in [0.3, 0.4) is 0 Å². The van der Waals surface area contributed by atoms with E-state index in [9.17, 15) is 9.59 Å². The van der Waals surface area contributed by atoms with Crippen LogP contribution in [0.2, 0.25) is 0 Å². The maximum absolute atomic E-state index is 10.5. The number of carboxylic acid groups (broad SMARTS) is 1. The van der Waals surface area contributed by atoms with Crippen LogP contribution in [-0.4, -0.2) is 36.7 Å². The van der Waals surface area contributed by atoms with Gasteiger partial charge in [-0.15, -0.1) is 0 Å². The molecule has 0 heterocycles. The molecule has 0 aromatic carbocycles. The maximum atomic E-state index is 10.5. The molecule has 2 N–H and O–H groups in total. The molecule has 0 saturated heterocycles. The van der Waals surface area contributed by atoms with Gasteiger partial charge in [0.25, 0.3) is 0 Å². The van der Waals surface area contributed by atoms with Gasteiger partial charge in [-0.2, -0.15) is 0 Å². The number of hydrogen-bond acceptors (Lipinski definition) is 4. The van der Waals surface area contributed by atoms with Gasteiger partial charge in [-0.05, 0) is 19.5 Å². The standard InChI is InChI=1S/C8H15NO2.C3H4O2/c1-3-8(10)11-7-5-6-9-4-2;1-2-3(4)5/h3,9H,1,4-7H2,2H3;2H,1H2,(H,4,5). The first-order valence-electron chi connectivity index (χ1n) is 4.93. The van der Waals surface area contributed by atoms with Crippen molar-refractivity contribution in [2.75, 3.05) is 19.7 Å². The van der Waals surface area contributed by atoms with Crippen molar-refractivity contribution < 1.29 is 19.4 Å². The smallest absolute Gasteiger partial charge is 0.330 e. The molecular formula is C11H19NO4. The van der Waals surface area contributed by atoms with Crippen LogP contribution >= 0.6 is 0 Å². The fraction of sp³-hybridized carbons (Fsp3) is 0.455. The second-order valence-corrected chi connectivity index (χ2v) is 2.62. The lowest BCUT2D eigenvalue weighted by atomic mass is 10.4. The van der Waals surface area contributed by atoms with Crippen LogP contribution in [0.15, 0.2) is 25.3 Å². The number of carbonyl (C=O) groups is 2. The van der Waals surface area contributed by atoms with Gasteiger partial charge in [0.1, 0.15) is 0 Å². The van der Waals surface area contributed by atoms with Gasteiger partial charge in [-0.3, -0.25) is 0 Å². The molecule has 0 atom stereocenters. The van der Waals surface area contributed by atoms with Crippen molar-refractivity contribution in [1.29, 1.82) is 0 Å². The van der Waals surface area contributed by atoms with Crippen LogP contribution in [0.1, 0.15) is 13.3 Å². The zero-order chi connectivity index (χ0) is 12.8. The number of esters is 1. The molecule has 0 radical (unpaired) electrons. The van der Waals surface area contributed by atoms with Crippen LogP contribution in [0, 0.1) is 0 Å². The minimum Gasteiger partial charge on any atom is -0.478 e. The summed E-state index contributed by atoms with van der Waals surface area (Å²) in [6.07, 6.45) is 2.86. The highest BCUT2D eigenvalue weighted by Crippen LogP contribution is 1.82. The highest BCUT2D eigenvalue weighted by molar-refractivity contribution is 5.81. The van der Waals surface area contributed by atoms with Crippen LogP contribution in [0.25, 0.3) is 0 Å². The second-order valence-electron chi connectivity index (χ2n) is 2.62.